The number of nitrogens with zero attached hydrogens (tertiary/aromatic N) is 2. The van der Waals surface area contributed by atoms with Crippen LogP contribution in [-0.2, 0) is 32.6 Å². The number of rotatable bonds is 14. The van der Waals surface area contributed by atoms with Crippen molar-refractivity contribution in [3.8, 4) is 11.5 Å². The molecule has 0 radical (unpaired) electrons. The first-order valence-electron chi connectivity index (χ1n) is 15.9. The van der Waals surface area contributed by atoms with Crippen molar-refractivity contribution in [2.24, 2.45) is 0 Å². The highest BCUT2D eigenvalue weighted by Gasteiger charge is 2.34. The van der Waals surface area contributed by atoms with Crippen molar-refractivity contribution < 1.29 is 22.7 Å². The number of sulfonamides is 1. The highest BCUT2D eigenvalue weighted by Crippen LogP contribution is 2.29. The third-order valence-electron chi connectivity index (χ3n) is 7.86. The van der Waals surface area contributed by atoms with Crippen molar-refractivity contribution >= 4 is 39.1 Å². The van der Waals surface area contributed by atoms with Crippen molar-refractivity contribution in [3.05, 3.63) is 155 Å². The van der Waals surface area contributed by atoms with Crippen LogP contribution in [0.4, 0.5) is 5.69 Å². The number of carbonyl (C=O) groups is 2. The van der Waals surface area contributed by atoms with E-state index in [0.717, 1.165) is 15.4 Å². The molecule has 1 N–H and O–H groups in total. The average Bonchev–Trinajstić information content (AvgIpc) is 3.10. The molecule has 49 heavy (non-hydrogen) atoms. The van der Waals surface area contributed by atoms with Crippen LogP contribution in [0.1, 0.15) is 23.6 Å². The van der Waals surface area contributed by atoms with E-state index in [4.69, 9.17) is 16.3 Å². The molecule has 0 bridgehead atoms. The van der Waals surface area contributed by atoms with Gasteiger partial charge in [0.2, 0.25) is 11.8 Å². The molecule has 0 saturated carbocycles. The number of benzene rings is 5. The number of aryl methyl sites for hydroxylation is 1. The zero-order chi connectivity index (χ0) is 34.8. The fraction of sp³-hybridized carbons (Fsp3) is 0.179. The van der Waals surface area contributed by atoms with E-state index in [-0.39, 0.29) is 29.5 Å². The van der Waals surface area contributed by atoms with Crippen LogP contribution in [0, 0.1) is 6.92 Å². The van der Waals surface area contributed by atoms with Gasteiger partial charge in [0.25, 0.3) is 10.0 Å². The summed E-state index contributed by atoms with van der Waals surface area (Å²) in [7, 11) is -4.24. The largest absolute Gasteiger partial charge is 0.457 e. The minimum absolute atomic E-state index is 0.0241. The molecule has 0 spiro atoms. The Kier molecular flexibility index (Phi) is 11.7. The number of ether oxygens (including phenoxy) is 1. The number of nitrogens with one attached hydrogen (secondary N) is 1. The minimum atomic E-state index is -4.24. The zero-order valence-corrected chi connectivity index (χ0v) is 28.9. The van der Waals surface area contributed by atoms with Gasteiger partial charge in [0.05, 0.1) is 10.6 Å². The first-order valence-corrected chi connectivity index (χ1v) is 17.7. The first-order chi connectivity index (χ1) is 23.6. The van der Waals surface area contributed by atoms with Crippen molar-refractivity contribution in [1.29, 1.82) is 0 Å². The van der Waals surface area contributed by atoms with Gasteiger partial charge in [-0.1, -0.05) is 90.0 Å². The topological polar surface area (TPSA) is 96.0 Å². The molecule has 0 aliphatic rings. The molecule has 8 nitrogen and oxygen atoms in total. The van der Waals surface area contributed by atoms with Crippen LogP contribution in [0.25, 0.3) is 0 Å². The highest BCUT2D eigenvalue weighted by molar-refractivity contribution is 7.92. The summed E-state index contributed by atoms with van der Waals surface area (Å²) >= 11 is 6.32. The molecule has 5 aromatic rings. The lowest BCUT2D eigenvalue weighted by Gasteiger charge is -2.34. The van der Waals surface area contributed by atoms with Gasteiger partial charge in [-0.2, -0.15) is 0 Å². The van der Waals surface area contributed by atoms with E-state index in [1.54, 1.807) is 54.6 Å². The fourth-order valence-corrected chi connectivity index (χ4v) is 6.98. The zero-order valence-electron chi connectivity index (χ0n) is 27.3. The Bertz CT molecular complexity index is 1960. The third-order valence-corrected chi connectivity index (χ3v) is 9.88. The van der Waals surface area contributed by atoms with Gasteiger partial charge >= 0.3 is 0 Å². The number of halogens is 1. The molecule has 10 heteroatoms. The maximum Gasteiger partial charge on any atom is 0.264 e. The number of hydrogen-bond acceptors (Lipinski definition) is 5. The maximum absolute atomic E-state index is 14.6. The number of anilines is 1. The quantitative estimate of drug-likeness (QED) is 0.131. The van der Waals surface area contributed by atoms with Crippen molar-refractivity contribution in [2.45, 2.75) is 37.8 Å². The van der Waals surface area contributed by atoms with Crippen molar-refractivity contribution in [3.63, 3.8) is 0 Å². The number of hydrogen-bond donors (Lipinski definition) is 1. The molecule has 0 saturated heterocycles. The second-order valence-electron chi connectivity index (χ2n) is 11.5. The van der Waals surface area contributed by atoms with Crippen LogP contribution in [0.5, 0.6) is 11.5 Å². The van der Waals surface area contributed by atoms with Crippen LogP contribution >= 0.6 is 11.6 Å². The molecule has 2 amide bonds. The first kappa shape index (κ1) is 35.2. The van der Waals surface area contributed by atoms with E-state index >= 15 is 0 Å². The van der Waals surface area contributed by atoms with E-state index in [1.165, 1.54) is 17.0 Å². The molecule has 0 aliphatic heterocycles. The monoisotopic (exact) mass is 695 g/mol. The molecule has 5 rings (SSSR count). The smallest absolute Gasteiger partial charge is 0.264 e. The van der Waals surface area contributed by atoms with Crippen molar-refractivity contribution in [2.75, 3.05) is 17.4 Å². The summed E-state index contributed by atoms with van der Waals surface area (Å²) < 4.78 is 35.6. The van der Waals surface area contributed by atoms with E-state index in [9.17, 15) is 18.0 Å². The number of likely N-dealkylation sites (N-methyl/N-ethyl adjacent to an activating group) is 1. The van der Waals surface area contributed by atoms with Gasteiger partial charge in [0.1, 0.15) is 24.1 Å². The van der Waals surface area contributed by atoms with Gasteiger partial charge in [-0.15, -0.1) is 0 Å². The summed E-state index contributed by atoms with van der Waals surface area (Å²) in [5, 5.41) is 3.34. The molecule has 0 aromatic heterocycles. The molecule has 0 fully saturated rings. The summed E-state index contributed by atoms with van der Waals surface area (Å²) in [6, 6.07) is 37.7. The number of carbonyl (C=O) groups excluding carboxylic acids is 2. The SMILES string of the molecule is CCNC(=O)C(Cc1ccccc1)N(Cc1cccc(Cl)c1)C(=O)CN(c1ccc(Oc2ccccc2)cc1)S(=O)(=O)c1ccc(C)cc1. The molecule has 0 heterocycles. The number of amides is 2. The van der Waals surface area contributed by atoms with Gasteiger partial charge in [-0.25, -0.2) is 8.42 Å². The van der Waals surface area contributed by atoms with Gasteiger partial charge in [0.15, 0.2) is 0 Å². The lowest BCUT2D eigenvalue weighted by atomic mass is 10.0. The average molecular weight is 696 g/mol. The molecular weight excluding hydrogens is 658 g/mol. The Balaban J connectivity index is 1.55. The van der Waals surface area contributed by atoms with Gasteiger partial charge < -0.3 is 15.0 Å². The highest BCUT2D eigenvalue weighted by atomic mass is 35.5. The third kappa shape index (κ3) is 9.28. The van der Waals surface area contributed by atoms with E-state index in [0.29, 0.717) is 28.6 Å². The molecule has 0 aliphatic carbocycles. The predicted octanol–water partition coefficient (Wildman–Crippen LogP) is 7.41. The summed E-state index contributed by atoms with van der Waals surface area (Å²) in [5.41, 5.74) is 2.69. The second kappa shape index (κ2) is 16.3. The Morgan fingerprint density at radius 2 is 1.39 bits per heavy atom. The summed E-state index contributed by atoms with van der Waals surface area (Å²) in [5.74, 6) is 0.210. The van der Waals surface area contributed by atoms with Crippen LogP contribution in [-0.4, -0.2) is 44.3 Å². The lowest BCUT2D eigenvalue weighted by Crippen LogP contribution is -2.53. The maximum atomic E-state index is 14.6. The van der Waals surface area contributed by atoms with Crippen molar-refractivity contribution in [1.82, 2.24) is 10.2 Å². The van der Waals surface area contributed by atoms with E-state index in [1.807, 2.05) is 80.6 Å². The molecule has 1 unspecified atom stereocenters. The molecule has 5 aromatic carbocycles. The van der Waals surface area contributed by atoms with Gasteiger partial charge in [0, 0.05) is 24.5 Å². The number of para-hydroxylation sites is 1. The molecule has 1 atom stereocenters. The fourth-order valence-electron chi connectivity index (χ4n) is 5.35. The Morgan fingerprint density at radius 3 is 2.02 bits per heavy atom. The minimum Gasteiger partial charge on any atom is -0.457 e. The van der Waals surface area contributed by atoms with E-state index < -0.39 is 28.5 Å². The standard InChI is InChI=1S/C39H38ClN3O5S/c1-3-41-39(45)37(26-30-11-6-4-7-12-30)42(27-31-13-10-14-32(40)25-31)38(44)28-43(49(46,47)36-23-17-29(2)18-24-36)33-19-21-35(22-20-33)48-34-15-8-5-9-16-34/h4-25,37H,3,26-28H2,1-2H3,(H,41,45). The van der Waals surface area contributed by atoms with Gasteiger partial charge in [-0.3, -0.25) is 13.9 Å². The summed E-state index contributed by atoms with van der Waals surface area (Å²) in [6.45, 7) is 3.48. The summed E-state index contributed by atoms with van der Waals surface area (Å²) in [6.07, 6.45) is 0.217. The Hall–Kier alpha value is -5.12. The lowest BCUT2D eigenvalue weighted by molar-refractivity contribution is -0.140. The van der Waals surface area contributed by atoms with Crippen LogP contribution in [0.15, 0.2) is 138 Å². The van der Waals surface area contributed by atoms with Crippen LogP contribution in [0.3, 0.4) is 0 Å². The van der Waals surface area contributed by atoms with Gasteiger partial charge in [-0.05, 0) is 85.6 Å². The Morgan fingerprint density at radius 1 is 0.776 bits per heavy atom. The van der Waals surface area contributed by atoms with Crippen LogP contribution < -0.4 is 14.4 Å². The summed E-state index contributed by atoms with van der Waals surface area (Å²) in [4.78, 5) is 29.7. The molecule has 252 valence electrons. The normalized spacial score (nSPS) is 11.7. The second-order valence-corrected chi connectivity index (χ2v) is 13.8. The molecular formula is C39H38ClN3O5S. The van der Waals surface area contributed by atoms with Crippen LogP contribution in [0.2, 0.25) is 5.02 Å². The van der Waals surface area contributed by atoms with E-state index in [2.05, 4.69) is 5.32 Å². The Labute approximate surface area is 293 Å². The predicted molar refractivity (Wildman–Crippen MR) is 193 cm³/mol.